The number of rotatable bonds is 2. The molecule has 0 amide bonds. The SMILES string of the molecule is Cc1nc(-c2ccc(C(=O)O)s2)no1. The van der Waals surface area contributed by atoms with Crippen LogP contribution < -0.4 is 0 Å². The summed E-state index contributed by atoms with van der Waals surface area (Å²) in [4.78, 5) is 15.6. The van der Waals surface area contributed by atoms with E-state index in [1.54, 1.807) is 13.0 Å². The quantitative estimate of drug-likeness (QED) is 0.817. The van der Waals surface area contributed by atoms with Crippen molar-refractivity contribution >= 4 is 17.3 Å². The van der Waals surface area contributed by atoms with Gasteiger partial charge in [-0.3, -0.25) is 0 Å². The number of carbonyl (C=O) groups is 1. The van der Waals surface area contributed by atoms with Crippen LogP contribution in [0.25, 0.3) is 10.7 Å². The lowest BCUT2D eigenvalue weighted by Crippen LogP contribution is -1.89. The molecule has 1 N–H and O–H groups in total. The van der Waals surface area contributed by atoms with E-state index in [-0.39, 0.29) is 4.88 Å². The predicted molar refractivity (Wildman–Crippen MR) is 49.3 cm³/mol. The number of thiophene rings is 1. The van der Waals surface area contributed by atoms with Gasteiger partial charge in [0.15, 0.2) is 0 Å². The maximum Gasteiger partial charge on any atom is 0.345 e. The van der Waals surface area contributed by atoms with Crippen molar-refractivity contribution < 1.29 is 14.4 Å². The first-order chi connectivity index (χ1) is 6.66. The van der Waals surface area contributed by atoms with Crippen LogP contribution in [0.1, 0.15) is 15.6 Å². The molecule has 2 heterocycles. The highest BCUT2D eigenvalue weighted by Gasteiger charge is 2.11. The van der Waals surface area contributed by atoms with Gasteiger partial charge in [-0.25, -0.2) is 4.79 Å². The third-order valence-corrected chi connectivity index (χ3v) is 2.63. The molecule has 0 fully saturated rings. The molecule has 0 spiro atoms. The molecule has 0 bridgehead atoms. The molecule has 2 aromatic rings. The minimum absolute atomic E-state index is 0.266. The Morgan fingerprint density at radius 3 is 2.86 bits per heavy atom. The normalized spacial score (nSPS) is 10.4. The van der Waals surface area contributed by atoms with Gasteiger partial charge in [-0.15, -0.1) is 11.3 Å². The van der Waals surface area contributed by atoms with Crippen molar-refractivity contribution in [2.24, 2.45) is 0 Å². The number of carboxylic acid groups (broad SMARTS) is 1. The molecule has 5 nitrogen and oxygen atoms in total. The third-order valence-electron chi connectivity index (χ3n) is 1.56. The minimum atomic E-state index is -0.943. The summed E-state index contributed by atoms with van der Waals surface area (Å²) in [6.07, 6.45) is 0. The summed E-state index contributed by atoms with van der Waals surface area (Å²) < 4.78 is 4.79. The number of aromatic carboxylic acids is 1. The van der Waals surface area contributed by atoms with Gasteiger partial charge in [-0.05, 0) is 12.1 Å². The van der Waals surface area contributed by atoms with Crippen molar-refractivity contribution in [3.63, 3.8) is 0 Å². The van der Waals surface area contributed by atoms with Crippen LogP contribution in [0.2, 0.25) is 0 Å². The Morgan fingerprint density at radius 2 is 2.36 bits per heavy atom. The molecular weight excluding hydrogens is 204 g/mol. The van der Waals surface area contributed by atoms with Gasteiger partial charge < -0.3 is 9.63 Å². The molecule has 0 aliphatic carbocycles. The molecule has 0 radical (unpaired) electrons. The summed E-state index contributed by atoms with van der Waals surface area (Å²) in [7, 11) is 0. The predicted octanol–water partition coefficient (Wildman–Crippen LogP) is 1.80. The van der Waals surface area contributed by atoms with Crippen molar-refractivity contribution in [1.29, 1.82) is 0 Å². The standard InChI is InChI=1S/C8H6N2O3S/c1-4-9-7(10-13-4)5-2-3-6(14-5)8(11)12/h2-3H,1H3,(H,11,12). The minimum Gasteiger partial charge on any atom is -0.477 e. The first-order valence-corrected chi connectivity index (χ1v) is 4.62. The molecule has 72 valence electrons. The van der Waals surface area contributed by atoms with Gasteiger partial charge >= 0.3 is 5.97 Å². The lowest BCUT2D eigenvalue weighted by molar-refractivity contribution is 0.0702. The van der Waals surface area contributed by atoms with Crippen LogP contribution in [0, 0.1) is 6.92 Å². The molecule has 0 aliphatic rings. The Labute approximate surface area is 83.0 Å². The number of aromatic nitrogens is 2. The summed E-state index contributed by atoms with van der Waals surface area (Å²) in [5, 5.41) is 12.4. The molecule has 0 saturated heterocycles. The average Bonchev–Trinajstić information content (AvgIpc) is 2.70. The van der Waals surface area contributed by atoms with E-state index < -0.39 is 5.97 Å². The van der Waals surface area contributed by atoms with Gasteiger partial charge in [0.05, 0.1) is 4.88 Å². The second-order valence-electron chi connectivity index (χ2n) is 2.61. The molecule has 2 aromatic heterocycles. The molecule has 0 aliphatic heterocycles. The molecule has 0 aromatic carbocycles. The Bertz CT molecular complexity index is 474. The summed E-state index contributed by atoms with van der Waals surface area (Å²) in [5.74, 6) is -0.0493. The van der Waals surface area contributed by atoms with Crippen LogP contribution >= 0.6 is 11.3 Å². The highest BCUT2D eigenvalue weighted by Crippen LogP contribution is 2.25. The highest BCUT2D eigenvalue weighted by molar-refractivity contribution is 7.17. The van der Waals surface area contributed by atoms with E-state index >= 15 is 0 Å². The van der Waals surface area contributed by atoms with Gasteiger partial charge in [0.25, 0.3) is 0 Å². The first kappa shape index (κ1) is 8.89. The van der Waals surface area contributed by atoms with Crippen LogP contribution in [0.3, 0.4) is 0 Å². The molecule has 0 unspecified atom stereocenters. The maximum absolute atomic E-state index is 10.6. The van der Waals surface area contributed by atoms with Crippen molar-refractivity contribution in [3.05, 3.63) is 22.9 Å². The van der Waals surface area contributed by atoms with Crippen molar-refractivity contribution in [2.45, 2.75) is 6.92 Å². The number of nitrogens with zero attached hydrogens (tertiary/aromatic N) is 2. The molecule has 0 atom stereocenters. The smallest absolute Gasteiger partial charge is 0.345 e. The zero-order chi connectivity index (χ0) is 10.1. The van der Waals surface area contributed by atoms with Gasteiger partial charge in [0, 0.05) is 6.92 Å². The van der Waals surface area contributed by atoms with Crippen LogP contribution in [-0.2, 0) is 0 Å². The molecular formula is C8H6N2O3S. The summed E-state index contributed by atoms with van der Waals surface area (Å²) in [6.45, 7) is 1.68. The first-order valence-electron chi connectivity index (χ1n) is 3.80. The monoisotopic (exact) mass is 210 g/mol. The van der Waals surface area contributed by atoms with Crippen LogP contribution in [-0.4, -0.2) is 21.2 Å². The van der Waals surface area contributed by atoms with Crippen molar-refractivity contribution in [3.8, 4) is 10.7 Å². The fourth-order valence-corrected chi connectivity index (χ4v) is 1.74. The van der Waals surface area contributed by atoms with E-state index in [1.165, 1.54) is 6.07 Å². The maximum atomic E-state index is 10.6. The van der Waals surface area contributed by atoms with E-state index in [0.29, 0.717) is 16.6 Å². The highest BCUT2D eigenvalue weighted by atomic mass is 32.1. The van der Waals surface area contributed by atoms with Gasteiger partial charge in [-0.1, -0.05) is 5.16 Å². The van der Waals surface area contributed by atoms with Gasteiger partial charge in [0.1, 0.15) is 4.88 Å². The Kier molecular flexibility index (Phi) is 2.05. The number of hydrogen-bond donors (Lipinski definition) is 1. The lowest BCUT2D eigenvalue weighted by atomic mass is 10.4. The zero-order valence-corrected chi connectivity index (χ0v) is 8.04. The number of hydrogen-bond acceptors (Lipinski definition) is 5. The lowest BCUT2D eigenvalue weighted by Gasteiger charge is -1.83. The van der Waals surface area contributed by atoms with E-state index in [1.807, 2.05) is 0 Å². The Hall–Kier alpha value is -1.69. The zero-order valence-electron chi connectivity index (χ0n) is 7.22. The summed E-state index contributed by atoms with van der Waals surface area (Å²) in [5.41, 5.74) is 0. The second-order valence-corrected chi connectivity index (χ2v) is 3.69. The van der Waals surface area contributed by atoms with E-state index in [9.17, 15) is 4.79 Å². The van der Waals surface area contributed by atoms with Crippen LogP contribution in [0.15, 0.2) is 16.7 Å². The second kappa shape index (κ2) is 3.22. The molecule has 0 saturated carbocycles. The fraction of sp³-hybridized carbons (Fsp3) is 0.125. The van der Waals surface area contributed by atoms with Crippen molar-refractivity contribution in [2.75, 3.05) is 0 Å². The third kappa shape index (κ3) is 1.51. The summed E-state index contributed by atoms with van der Waals surface area (Å²) in [6, 6.07) is 3.19. The van der Waals surface area contributed by atoms with E-state index in [0.717, 1.165) is 11.3 Å². The van der Waals surface area contributed by atoms with E-state index in [4.69, 9.17) is 9.63 Å². The number of carboxylic acids is 1. The van der Waals surface area contributed by atoms with Gasteiger partial charge in [0.2, 0.25) is 11.7 Å². The van der Waals surface area contributed by atoms with Crippen LogP contribution in [0.4, 0.5) is 0 Å². The average molecular weight is 210 g/mol. The van der Waals surface area contributed by atoms with Gasteiger partial charge in [-0.2, -0.15) is 4.98 Å². The molecule has 6 heteroatoms. The van der Waals surface area contributed by atoms with Crippen molar-refractivity contribution in [1.82, 2.24) is 10.1 Å². The Morgan fingerprint density at radius 1 is 1.57 bits per heavy atom. The Balaban J connectivity index is 2.38. The molecule has 2 rings (SSSR count). The fourth-order valence-electron chi connectivity index (χ4n) is 0.972. The largest absolute Gasteiger partial charge is 0.477 e. The molecule has 14 heavy (non-hydrogen) atoms. The summed E-state index contributed by atoms with van der Waals surface area (Å²) >= 11 is 1.12. The topological polar surface area (TPSA) is 76.2 Å². The number of aryl methyl sites for hydroxylation is 1. The van der Waals surface area contributed by atoms with E-state index in [2.05, 4.69) is 10.1 Å². The van der Waals surface area contributed by atoms with Crippen LogP contribution in [0.5, 0.6) is 0 Å².